The maximum absolute atomic E-state index is 14.0. The monoisotopic (exact) mass is 626 g/mol. The highest BCUT2D eigenvalue weighted by atomic mass is 35.5. The van der Waals surface area contributed by atoms with Crippen molar-refractivity contribution in [3.63, 3.8) is 0 Å². The molecule has 4 aromatic carbocycles. The van der Waals surface area contributed by atoms with Gasteiger partial charge in [0.2, 0.25) is 10.7 Å². The number of anilines is 1. The Morgan fingerprint density at radius 1 is 0.810 bits per heavy atom. The fraction of sp³-hybridized carbons (Fsp3) is 0.0625. The van der Waals surface area contributed by atoms with Crippen LogP contribution in [0.5, 0.6) is 0 Å². The minimum Gasteiger partial charge on any atom is -0.374 e. The summed E-state index contributed by atoms with van der Waals surface area (Å²) >= 11 is 10.3. The van der Waals surface area contributed by atoms with Crippen molar-refractivity contribution in [2.45, 2.75) is 9.94 Å². The van der Waals surface area contributed by atoms with Gasteiger partial charge in [-0.25, -0.2) is 9.97 Å². The fourth-order valence-electron chi connectivity index (χ4n) is 4.54. The molecule has 0 aliphatic carbocycles. The molecule has 0 radical (unpaired) electrons. The number of benzene rings is 4. The minimum atomic E-state index is -1.18. The summed E-state index contributed by atoms with van der Waals surface area (Å²) in [6.45, 7) is 0. The van der Waals surface area contributed by atoms with Crippen molar-refractivity contribution in [1.29, 1.82) is 0 Å². The Morgan fingerprint density at radius 3 is 1.88 bits per heavy atom. The summed E-state index contributed by atoms with van der Waals surface area (Å²) in [5, 5.41) is 7.78. The normalized spacial score (nSPS) is 11.9. The standard InChI is InChI=1S/C32H23ClN4O2S3/c1-34-30-36-26(28(33)41-30)27(29(38)42-31-35-24-19-11-12-20-25(24)40-31)37-39-32(21-13-5-2-6-14-21,22-15-7-3-8-16-22)23-17-9-4-10-18-23/h2-20H,1H3,(H,34,36)/b37-27-. The Bertz CT molecular complexity index is 1730. The van der Waals surface area contributed by atoms with Gasteiger partial charge in [-0.1, -0.05) is 131 Å². The van der Waals surface area contributed by atoms with E-state index in [4.69, 9.17) is 16.4 Å². The third-order valence-electron chi connectivity index (χ3n) is 6.49. The summed E-state index contributed by atoms with van der Waals surface area (Å²) < 4.78 is 1.90. The predicted molar refractivity (Wildman–Crippen MR) is 174 cm³/mol. The summed E-state index contributed by atoms with van der Waals surface area (Å²) in [4.78, 5) is 29.8. The van der Waals surface area contributed by atoms with Gasteiger partial charge >= 0.3 is 0 Å². The molecule has 0 spiro atoms. The molecule has 0 aliphatic heterocycles. The van der Waals surface area contributed by atoms with E-state index in [1.54, 1.807) is 7.05 Å². The number of nitrogens with one attached hydrogen (secondary N) is 1. The average molecular weight is 627 g/mol. The van der Waals surface area contributed by atoms with E-state index < -0.39 is 5.60 Å². The zero-order valence-electron chi connectivity index (χ0n) is 22.2. The van der Waals surface area contributed by atoms with Crippen LogP contribution >= 0.6 is 46.0 Å². The molecule has 0 amide bonds. The summed E-state index contributed by atoms with van der Waals surface area (Å²) in [6, 6.07) is 37.3. The van der Waals surface area contributed by atoms with Crippen molar-refractivity contribution in [3.8, 4) is 0 Å². The molecule has 0 unspecified atom stereocenters. The van der Waals surface area contributed by atoms with Crippen LogP contribution in [0.4, 0.5) is 5.13 Å². The molecular formula is C32H23ClN4O2S3. The van der Waals surface area contributed by atoms with Crippen LogP contribution in [-0.4, -0.2) is 27.8 Å². The molecular weight excluding hydrogens is 604 g/mol. The SMILES string of the molecule is CNc1nc(/C(=N/OC(c2ccccc2)(c2ccccc2)c2ccccc2)C(=O)Sc2nc3ccccc3s2)c(Cl)s1. The van der Waals surface area contributed by atoms with Crippen molar-refractivity contribution in [3.05, 3.63) is 142 Å². The minimum absolute atomic E-state index is 0.00539. The van der Waals surface area contributed by atoms with Gasteiger partial charge in [0.05, 0.1) is 10.2 Å². The van der Waals surface area contributed by atoms with Gasteiger partial charge < -0.3 is 10.2 Å². The number of hydrogen-bond acceptors (Lipinski definition) is 9. The Labute approximate surface area is 260 Å². The Hall–Kier alpha value is -4.02. The van der Waals surface area contributed by atoms with Crippen molar-refractivity contribution in [2.24, 2.45) is 5.16 Å². The highest BCUT2D eigenvalue weighted by Gasteiger charge is 2.40. The zero-order chi connectivity index (χ0) is 28.9. The van der Waals surface area contributed by atoms with E-state index in [0.717, 1.165) is 38.7 Å². The third-order valence-corrected chi connectivity index (χ3v) is 9.73. The fourth-order valence-corrected chi connectivity index (χ4v) is 7.44. The molecule has 0 atom stereocenters. The van der Waals surface area contributed by atoms with Crippen molar-refractivity contribution in [2.75, 3.05) is 12.4 Å². The van der Waals surface area contributed by atoms with E-state index >= 15 is 0 Å². The number of hydrogen-bond donors (Lipinski definition) is 1. The lowest BCUT2D eigenvalue weighted by Crippen LogP contribution is -2.32. The number of rotatable bonds is 9. The Morgan fingerprint density at radius 2 is 1.36 bits per heavy atom. The number of fused-ring (bicyclic) bond motifs is 1. The smallest absolute Gasteiger partial charge is 0.250 e. The Kier molecular flexibility index (Phi) is 8.34. The number of aromatic nitrogens is 2. The molecule has 208 valence electrons. The van der Waals surface area contributed by atoms with Crippen molar-refractivity contribution >= 4 is 72.2 Å². The van der Waals surface area contributed by atoms with Gasteiger partial charge in [-0.3, -0.25) is 4.79 Å². The second-order valence-corrected chi connectivity index (χ2v) is 12.9. The van der Waals surface area contributed by atoms with Crippen LogP contribution < -0.4 is 5.32 Å². The first-order valence-electron chi connectivity index (χ1n) is 12.9. The van der Waals surface area contributed by atoms with Gasteiger partial charge in [-0.15, -0.1) is 11.3 Å². The maximum Gasteiger partial charge on any atom is 0.250 e. The van der Waals surface area contributed by atoms with Gasteiger partial charge in [0, 0.05) is 23.7 Å². The highest BCUT2D eigenvalue weighted by molar-refractivity contribution is 8.16. The van der Waals surface area contributed by atoms with Crippen LogP contribution in [0.25, 0.3) is 10.2 Å². The third kappa shape index (κ3) is 5.56. The van der Waals surface area contributed by atoms with E-state index in [2.05, 4.69) is 20.4 Å². The number of thiazole rings is 2. The average Bonchev–Trinajstić information content (AvgIpc) is 3.63. The molecule has 0 saturated heterocycles. The van der Waals surface area contributed by atoms with E-state index in [1.807, 2.05) is 115 Å². The van der Waals surface area contributed by atoms with Gasteiger partial charge in [0.15, 0.2) is 15.2 Å². The largest absolute Gasteiger partial charge is 0.374 e. The second kappa shape index (κ2) is 12.5. The van der Waals surface area contributed by atoms with E-state index in [9.17, 15) is 4.79 Å². The maximum atomic E-state index is 14.0. The number of thioether (sulfide) groups is 1. The van der Waals surface area contributed by atoms with Gasteiger partial charge in [0.1, 0.15) is 10.0 Å². The molecule has 6 nitrogen and oxygen atoms in total. The molecule has 0 saturated carbocycles. The summed E-state index contributed by atoms with van der Waals surface area (Å²) in [6.07, 6.45) is 0. The molecule has 0 bridgehead atoms. The van der Waals surface area contributed by atoms with Crippen LogP contribution in [-0.2, 0) is 15.2 Å². The van der Waals surface area contributed by atoms with Crippen LogP contribution in [0.3, 0.4) is 0 Å². The molecule has 6 aromatic rings. The van der Waals surface area contributed by atoms with E-state index in [-0.39, 0.29) is 16.5 Å². The van der Waals surface area contributed by atoms with Crippen LogP contribution in [0, 0.1) is 0 Å². The number of halogens is 1. The number of para-hydroxylation sites is 1. The number of oxime groups is 1. The van der Waals surface area contributed by atoms with E-state index in [0.29, 0.717) is 13.8 Å². The molecule has 0 aliphatic rings. The quantitative estimate of drug-likeness (QED) is 0.0751. The van der Waals surface area contributed by atoms with Crippen LogP contribution in [0.15, 0.2) is 125 Å². The lowest BCUT2D eigenvalue weighted by Gasteiger charge is -2.33. The predicted octanol–water partition coefficient (Wildman–Crippen LogP) is 8.48. The Balaban J connectivity index is 1.51. The molecule has 0 fully saturated rings. The van der Waals surface area contributed by atoms with Gasteiger partial charge in [-0.2, -0.15) is 0 Å². The van der Waals surface area contributed by atoms with Crippen molar-refractivity contribution < 1.29 is 9.63 Å². The lowest BCUT2D eigenvalue weighted by atomic mass is 9.80. The first-order valence-corrected chi connectivity index (χ1v) is 15.8. The number of carbonyl (C=O) groups is 1. The molecule has 2 aromatic heterocycles. The first-order chi connectivity index (χ1) is 20.6. The summed E-state index contributed by atoms with van der Waals surface area (Å²) in [5.41, 5.74) is 2.42. The van der Waals surface area contributed by atoms with E-state index in [1.165, 1.54) is 22.7 Å². The summed E-state index contributed by atoms with van der Waals surface area (Å²) in [5.74, 6) is 0. The summed E-state index contributed by atoms with van der Waals surface area (Å²) in [7, 11) is 1.75. The molecule has 10 heteroatoms. The second-order valence-electron chi connectivity index (χ2n) is 9.04. The molecule has 2 heterocycles. The van der Waals surface area contributed by atoms with Gasteiger partial charge in [-0.05, 0) is 23.9 Å². The topological polar surface area (TPSA) is 76.5 Å². The zero-order valence-corrected chi connectivity index (χ0v) is 25.4. The number of nitrogens with zero attached hydrogens (tertiary/aromatic N) is 3. The first kappa shape index (κ1) is 28.1. The number of carbonyl (C=O) groups excluding carboxylic acids is 1. The highest BCUT2D eigenvalue weighted by Crippen LogP contribution is 2.41. The molecule has 1 N–H and O–H groups in total. The molecule has 6 rings (SSSR count). The van der Waals surface area contributed by atoms with Crippen LogP contribution in [0.1, 0.15) is 22.4 Å². The lowest BCUT2D eigenvalue weighted by molar-refractivity contribution is -0.105. The molecule has 42 heavy (non-hydrogen) atoms. The van der Waals surface area contributed by atoms with Crippen molar-refractivity contribution in [1.82, 2.24) is 9.97 Å². The van der Waals surface area contributed by atoms with Gasteiger partial charge in [0.25, 0.3) is 0 Å². The van der Waals surface area contributed by atoms with Crippen LogP contribution in [0.2, 0.25) is 4.34 Å².